The Hall–Kier alpha value is -3.78. The maximum Gasteiger partial charge on any atom is 0.309 e. The fourth-order valence-electron chi connectivity index (χ4n) is 2.87. The van der Waals surface area contributed by atoms with Crippen LogP contribution in [0.5, 0.6) is 0 Å². The second-order valence-electron chi connectivity index (χ2n) is 6.45. The summed E-state index contributed by atoms with van der Waals surface area (Å²) >= 11 is 1.60. The van der Waals surface area contributed by atoms with Crippen LogP contribution in [0.4, 0.5) is 0 Å². The molecular weight excluding hydrogens is 398 g/mol. The van der Waals surface area contributed by atoms with Crippen LogP contribution < -0.4 is 10.9 Å². The second-order valence-corrected chi connectivity index (χ2v) is 7.49. The summed E-state index contributed by atoms with van der Waals surface area (Å²) in [5.41, 5.74) is 6.43. The molecule has 0 fully saturated rings. The Balaban J connectivity index is 1.49. The lowest BCUT2D eigenvalue weighted by Crippen LogP contribution is -2.42. The summed E-state index contributed by atoms with van der Waals surface area (Å²) in [6.45, 7) is 0. The molecule has 4 rings (SSSR count). The summed E-state index contributed by atoms with van der Waals surface area (Å²) in [5, 5.41) is 6.33. The van der Waals surface area contributed by atoms with Gasteiger partial charge in [0.05, 0.1) is 5.69 Å². The van der Waals surface area contributed by atoms with E-state index in [2.05, 4.69) is 20.9 Å². The highest BCUT2D eigenvalue weighted by Crippen LogP contribution is 2.20. The minimum absolute atomic E-state index is 0.0312. The largest absolute Gasteiger partial charge is 0.309 e. The lowest BCUT2D eigenvalue weighted by molar-refractivity contribution is -0.121. The number of hydrazine groups is 1. The molecule has 0 aliphatic heterocycles. The number of aryl methyl sites for hydroxylation is 1. The van der Waals surface area contributed by atoms with Gasteiger partial charge in [0.2, 0.25) is 11.7 Å². The monoisotopic (exact) mass is 417 g/mol. The number of aromatic nitrogens is 3. The lowest BCUT2D eigenvalue weighted by atomic mass is 10.2. The molecule has 0 atom stereocenters. The zero-order valence-electron chi connectivity index (χ0n) is 16.0. The van der Waals surface area contributed by atoms with Crippen LogP contribution >= 0.6 is 11.3 Å². The molecule has 30 heavy (non-hydrogen) atoms. The first-order valence-electron chi connectivity index (χ1n) is 9.40. The zero-order valence-corrected chi connectivity index (χ0v) is 16.8. The van der Waals surface area contributed by atoms with Crippen LogP contribution in [-0.4, -0.2) is 26.6 Å². The van der Waals surface area contributed by atoms with Gasteiger partial charge in [0.15, 0.2) is 5.82 Å². The minimum Gasteiger partial charge on any atom is -0.273 e. The van der Waals surface area contributed by atoms with E-state index in [-0.39, 0.29) is 18.2 Å². The molecule has 2 aromatic heterocycles. The molecule has 0 aliphatic carbocycles. The van der Waals surface area contributed by atoms with Gasteiger partial charge >= 0.3 is 5.91 Å². The fraction of sp³-hybridized carbons (Fsp3) is 0.0909. The van der Waals surface area contributed by atoms with E-state index in [1.54, 1.807) is 16.0 Å². The third-order valence-electron chi connectivity index (χ3n) is 4.34. The highest BCUT2D eigenvalue weighted by atomic mass is 32.1. The van der Waals surface area contributed by atoms with Crippen molar-refractivity contribution in [1.82, 2.24) is 25.6 Å². The van der Waals surface area contributed by atoms with Crippen molar-refractivity contribution < 1.29 is 9.59 Å². The summed E-state index contributed by atoms with van der Waals surface area (Å²) in [5.74, 6) is -0.346. The van der Waals surface area contributed by atoms with E-state index < -0.39 is 5.91 Å². The third kappa shape index (κ3) is 4.61. The van der Waals surface area contributed by atoms with Gasteiger partial charge in [0, 0.05) is 16.9 Å². The molecule has 4 aromatic rings. The first-order valence-corrected chi connectivity index (χ1v) is 10.3. The number of hydrogen-bond donors (Lipinski definition) is 2. The van der Waals surface area contributed by atoms with Gasteiger partial charge in [-0.2, -0.15) is 0 Å². The molecular formula is C22H19N5O2S. The Morgan fingerprint density at radius 2 is 1.63 bits per heavy atom. The van der Waals surface area contributed by atoms with Crippen molar-refractivity contribution in [3.8, 4) is 17.1 Å². The van der Waals surface area contributed by atoms with Gasteiger partial charge < -0.3 is 0 Å². The van der Waals surface area contributed by atoms with Crippen LogP contribution in [0.25, 0.3) is 17.1 Å². The third-order valence-corrected chi connectivity index (χ3v) is 5.27. The number of para-hydroxylation sites is 1. The molecule has 0 radical (unpaired) electrons. The number of benzene rings is 2. The van der Waals surface area contributed by atoms with Crippen molar-refractivity contribution in [3.05, 3.63) is 88.9 Å². The Morgan fingerprint density at radius 1 is 0.900 bits per heavy atom. The topological polar surface area (TPSA) is 88.9 Å². The molecule has 7 nitrogen and oxygen atoms in total. The van der Waals surface area contributed by atoms with Gasteiger partial charge in [-0.3, -0.25) is 20.4 Å². The predicted molar refractivity (Wildman–Crippen MR) is 115 cm³/mol. The zero-order chi connectivity index (χ0) is 20.8. The molecule has 0 spiro atoms. The molecule has 2 N–H and O–H groups in total. The second kappa shape index (κ2) is 9.15. The normalized spacial score (nSPS) is 10.5. The Bertz CT molecular complexity index is 1070. The van der Waals surface area contributed by atoms with Gasteiger partial charge in [0.1, 0.15) is 0 Å². The number of carbonyl (C=O) groups is 2. The first-order chi connectivity index (χ1) is 14.7. The molecule has 2 amide bonds. The summed E-state index contributed by atoms with van der Waals surface area (Å²) in [6, 6.07) is 22.9. The van der Waals surface area contributed by atoms with Gasteiger partial charge in [-0.25, -0.2) is 9.67 Å². The number of nitrogens with zero attached hydrogens (tertiary/aromatic N) is 3. The van der Waals surface area contributed by atoms with E-state index in [4.69, 9.17) is 0 Å². The van der Waals surface area contributed by atoms with E-state index in [9.17, 15) is 9.59 Å². The molecule has 0 aliphatic rings. The molecule has 0 saturated carbocycles. The average Bonchev–Trinajstić information content (AvgIpc) is 3.47. The summed E-state index contributed by atoms with van der Waals surface area (Å²) < 4.78 is 1.61. The van der Waals surface area contributed by atoms with Crippen LogP contribution in [-0.2, 0) is 11.2 Å². The maximum atomic E-state index is 12.5. The molecule has 2 aromatic carbocycles. The van der Waals surface area contributed by atoms with Crippen LogP contribution in [0, 0.1) is 0 Å². The van der Waals surface area contributed by atoms with Crippen LogP contribution in [0.1, 0.15) is 21.9 Å². The molecule has 150 valence electrons. The van der Waals surface area contributed by atoms with E-state index in [0.717, 1.165) is 16.1 Å². The van der Waals surface area contributed by atoms with Crippen LogP contribution in [0.15, 0.2) is 78.2 Å². The first kappa shape index (κ1) is 19.5. The van der Waals surface area contributed by atoms with E-state index in [1.165, 1.54) is 0 Å². The lowest BCUT2D eigenvalue weighted by Gasteiger charge is -2.05. The summed E-state index contributed by atoms with van der Waals surface area (Å²) in [7, 11) is 0. The SMILES string of the molecule is O=C(CCc1cccs1)NNC(=O)c1nc(-c2ccccc2)n(-c2ccccc2)n1. The van der Waals surface area contributed by atoms with Crippen molar-refractivity contribution in [2.75, 3.05) is 0 Å². The smallest absolute Gasteiger partial charge is 0.273 e. The maximum absolute atomic E-state index is 12.5. The van der Waals surface area contributed by atoms with Crippen LogP contribution in [0.2, 0.25) is 0 Å². The van der Waals surface area contributed by atoms with Crippen molar-refractivity contribution in [3.63, 3.8) is 0 Å². The Labute approximate surface area is 177 Å². The fourth-order valence-corrected chi connectivity index (χ4v) is 3.58. The Morgan fingerprint density at radius 3 is 2.33 bits per heavy atom. The number of carbonyl (C=O) groups excluding carboxylic acids is 2. The van der Waals surface area contributed by atoms with E-state index in [0.29, 0.717) is 12.2 Å². The quantitative estimate of drug-likeness (QED) is 0.471. The predicted octanol–water partition coefficient (Wildman–Crippen LogP) is 3.39. The van der Waals surface area contributed by atoms with E-state index >= 15 is 0 Å². The van der Waals surface area contributed by atoms with Crippen molar-refractivity contribution in [1.29, 1.82) is 0 Å². The molecule has 2 heterocycles. The highest BCUT2D eigenvalue weighted by molar-refractivity contribution is 7.09. The van der Waals surface area contributed by atoms with Gasteiger partial charge in [-0.1, -0.05) is 54.6 Å². The number of hydrogen-bond acceptors (Lipinski definition) is 5. The van der Waals surface area contributed by atoms with Gasteiger partial charge in [0.25, 0.3) is 0 Å². The number of nitrogens with one attached hydrogen (secondary N) is 2. The average molecular weight is 417 g/mol. The highest BCUT2D eigenvalue weighted by Gasteiger charge is 2.19. The number of amides is 2. The van der Waals surface area contributed by atoms with Crippen LogP contribution in [0.3, 0.4) is 0 Å². The molecule has 0 bridgehead atoms. The van der Waals surface area contributed by atoms with E-state index in [1.807, 2.05) is 78.2 Å². The van der Waals surface area contributed by atoms with Crippen molar-refractivity contribution in [2.24, 2.45) is 0 Å². The summed E-state index contributed by atoms with van der Waals surface area (Å²) in [6.07, 6.45) is 0.903. The summed E-state index contributed by atoms with van der Waals surface area (Å²) in [4.78, 5) is 30.1. The minimum atomic E-state index is -0.577. The van der Waals surface area contributed by atoms with Crippen molar-refractivity contribution in [2.45, 2.75) is 12.8 Å². The standard InChI is InChI=1S/C22H19N5O2S/c28-19(14-13-18-12-7-15-30-18)24-25-22(29)20-23-21(16-8-3-1-4-9-16)27(26-20)17-10-5-2-6-11-17/h1-12,15H,13-14H2,(H,24,28)(H,25,29). The molecule has 8 heteroatoms. The Kier molecular flexibility index (Phi) is 5.95. The molecule has 0 unspecified atom stereocenters. The number of thiophene rings is 1. The number of rotatable bonds is 6. The van der Waals surface area contributed by atoms with Gasteiger partial charge in [-0.05, 0) is 30.0 Å². The molecule has 0 saturated heterocycles. The van der Waals surface area contributed by atoms with Gasteiger partial charge in [-0.15, -0.1) is 16.4 Å². The van der Waals surface area contributed by atoms with Crippen molar-refractivity contribution >= 4 is 23.2 Å².